The van der Waals surface area contributed by atoms with Crippen LogP contribution in [0.15, 0.2) is 48.5 Å². The van der Waals surface area contributed by atoms with Crippen LogP contribution in [-0.2, 0) is 17.8 Å². The largest absolute Gasteiger partial charge is 0.490 e. The number of morpholine rings is 1. The van der Waals surface area contributed by atoms with Gasteiger partial charge in [0, 0.05) is 19.6 Å². The molecule has 0 bridgehead atoms. The topological polar surface area (TPSA) is 76.8 Å². The first kappa shape index (κ1) is 20.7. The van der Waals surface area contributed by atoms with E-state index in [0.29, 0.717) is 12.5 Å². The number of aliphatic hydroxyl groups is 1. The van der Waals surface area contributed by atoms with Crippen LogP contribution in [0.4, 0.5) is 5.95 Å². The lowest BCUT2D eigenvalue weighted by atomic mass is 10.2. The van der Waals surface area contributed by atoms with E-state index in [1.165, 1.54) is 0 Å². The lowest BCUT2D eigenvalue weighted by molar-refractivity contribution is -0.665. The fourth-order valence-corrected chi connectivity index (χ4v) is 3.97. The summed E-state index contributed by atoms with van der Waals surface area (Å²) in [5, 5.41) is 10.6. The van der Waals surface area contributed by atoms with Crippen molar-refractivity contribution in [1.82, 2.24) is 9.47 Å². The van der Waals surface area contributed by atoms with Gasteiger partial charge in [-0.3, -0.25) is 10.6 Å². The molecule has 1 aromatic heterocycles. The highest BCUT2D eigenvalue weighted by Gasteiger charge is 2.24. The van der Waals surface area contributed by atoms with Crippen LogP contribution >= 0.6 is 0 Å². The third kappa shape index (κ3) is 4.59. The van der Waals surface area contributed by atoms with Gasteiger partial charge in [0.15, 0.2) is 0 Å². The molecule has 1 fully saturated rings. The van der Waals surface area contributed by atoms with Crippen molar-refractivity contribution in [3.8, 4) is 5.75 Å². The molecule has 1 aliphatic rings. The predicted octanol–water partition coefficient (Wildman–Crippen LogP) is 1.59. The Balaban J connectivity index is 1.47. The van der Waals surface area contributed by atoms with Crippen LogP contribution in [0.5, 0.6) is 5.75 Å². The number of benzene rings is 2. The quantitative estimate of drug-likeness (QED) is 0.551. The Labute approximate surface area is 177 Å². The Kier molecular flexibility index (Phi) is 6.52. The number of fused-ring (bicyclic) bond motifs is 1. The first-order chi connectivity index (χ1) is 14.6. The minimum atomic E-state index is -0.671. The van der Waals surface area contributed by atoms with Gasteiger partial charge in [-0.2, -0.15) is 0 Å². The van der Waals surface area contributed by atoms with E-state index in [1.807, 2.05) is 54.0 Å². The van der Waals surface area contributed by atoms with E-state index in [2.05, 4.69) is 15.5 Å². The van der Waals surface area contributed by atoms with Crippen LogP contribution < -0.4 is 15.0 Å². The van der Waals surface area contributed by atoms with Crippen molar-refractivity contribution in [1.29, 1.82) is 0 Å². The van der Waals surface area contributed by atoms with E-state index in [1.54, 1.807) is 0 Å². The summed E-state index contributed by atoms with van der Waals surface area (Å²) < 4.78 is 15.4. The maximum Gasteiger partial charge on any atom is 0.356 e. The molecule has 0 spiro atoms. The van der Waals surface area contributed by atoms with Crippen LogP contribution in [0, 0.1) is 6.92 Å². The summed E-state index contributed by atoms with van der Waals surface area (Å²) in [6.07, 6.45) is -0.671. The average molecular weight is 412 g/mol. The third-order valence-electron chi connectivity index (χ3n) is 5.68. The number of para-hydroxylation sites is 3. The Morgan fingerprint density at radius 3 is 2.63 bits per heavy atom. The first-order valence-electron chi connectivity index (χ1n) is 10.6. The Morgan fingerprint density at radius 1 is 1.10 bits per heavy atom. The molecule has 3 N–H and O–H groups in total. The summed E-state index contributed by atoms with van der Waals surface area (Å²) in [5.41, 5.74) is 9.69. The molecular formula is C23H31N4O3+. The molecule has 1 saturated heterocycles. The number of hydrogen-bond donors (Lipinski definition) is 2. The van der Waals surface area contributed by atoms with Crippen LogP contribution in [0.3, 0.4) is 0 Å². The van der Waals surface area contributed by atoms with Crippen molar-refractivity contribution in [3.63, 3.8) is 0 Å². The summed E-state index contributed by atoms with van der Waals surface area (Å²) in [6, 6.07) is 16.0. The SMILES string of the molecule is Cc1ccccc1OC[C@@H](O)C[n+]1c(N)n(CCN2CCOCC2)c2ccccc21. The van der Waals surface area contributed by atoms with Gasteiger partial charge in [-0.25, -0.2) is 9.13 Å². The smallest absolute Gasteiger partial charge is 0.356 e. The van der Waals surface area contributed by atoms with Crippen LogP contribution in [0.25, 0.3) is 11.0 Å². The number of aliphatic hydroxyl groups excluding tert-OH is 1. The number of nitrogens with zero attached hydrogens (tertiary/aromatic N) is 3. The summed E-state index contributed by atoms with van der Waals surface area (Å²) in [7, 11) is 0. The maximum atomic E-state index is 10.6. The molecular weight excluding hydrogens is 380 g/mol. The van der Waals surface area contributed by atoms with E-state index in [0.717, 1.165) is 61.7 Å². The monoisotopic (exact) mass is 411 g/mol. The summed E-state index contributed by atoms with van der Waals surface area (Å²) >= 11 is 0. The van der Waals surface area contributed by atoms with Crippen molar-refractivity contribution >= 4 is 17.0 Å². The van der Waals surface area contributed by atoms with E-state index < -0.39 is 6.10 Å². The minimum Gasteiger partial charge on any atom is -0.490 e. The molecule has 0 aliphatic carbocycles. The number of ether oxygens (including phenoxy) is 2. The number of anilines is 1. The summed E-state index contributed by atoms with van der Waals surface area (Å²) in [4.78, 5) is 2.40. The number of aryl methyl sites for hydroxylation is 1. The van der Waals surface area contributed by atoms with Gasteiger partial charge in [0.2, 0.25) is 0 Å². The van der Waals surface area contributed by atoms with Gasteiger partial charge < -0.3 is 14.6 Å². The molecule has 7 heteroatoms. The van der Waals surface area contributed by atoms with Gasteiger partial charge in [-0.15, -0.1) is 0 Å². The second-order valence-electron chi connectivity index (χ2n) is 7.79. The summed E-state index contributed by atoms with van der Waals surface area (Å²) in [6.45, 7) is 7.79. The van der Waals surface area contributed by atoms with Gasteiger partial charge in [0.1, 0.15) is 36.0 Å². The Bertz CT molecular complexity index is 982. The summed E-state index contributed by atoms with van der Waals surface area (Å²) in [5.74, 6) is 1.45. The first-order valence-corrected chi connectivity index (χ1v) is 10.6. The van der Waals surface area contributed by atoms with Crippen LogP contribution in [-0.4, -0.2) is 60.1 Å². The van der Waals surface area contributed by atoms with Gasteiger partial charge in [0.05, 0.1) is 19.8 Å². The maximum absolute atomic E-state index is 10.6. The van der Waals surface area contributed by atoms with Crippen molar-refractivity contribution < 1.29 is 19.1 Å². The second kappa shape index (κ2) is 9.47. The van der Waals surface area contributed by atoms with Crippen molar-refractivity contribution in [3.05, 3.63) is 54.1 Å². The van der Waals surface area contributed by atoms with E-state index in [9.17, 15) is 5.11 Å². The molecule has 160 valence electrons. The number of imidazole rings is 1. The lowest BCUT2D eigenvalue weighted by Gasteiger charge is -2.26. The standard InChI is InChI=1S/C23H30N4O3/c1-18-6-2-5-9-22(18)30-17-19(28)16-27-21-8-4-3-7-20(21)26(23(27)24)11-10-25-12-14-29-15-13-25/h2-9,19,24,28H,10-17H2,1H3/p+1/t19-/m0/s1. The van der Waals surface area contributed by atoms with Crippen molar-refractivity contribution in [2.45, 2.75) is 26.1 Å². The third-order valence-corrected chi connectivity index (χ3v) is 5.68. The molecule has 2 aromatic carbocycles. The van der Waals surface area contributed by atoms with Gasteiger partial charge >= 0.3 is 5.95 Å². The zero-order chi connectivity index (χ0) is 20.9. The number of aromatic nitrogens is 2. The molecule has 0 radical (unpaired) electrons. The second-order valence-corrected chi connectivity index (χ2v) is 7.79. The molecule has 7 nitrogen and oxygen atoms in total. The lowest BCUT2D eigenvalue weighted by Crippen LogP contribution is -2.44. The van der Waals surface area contributed by atoms with Crippen molar-refractivity contribution in [2.24, 2.45) is 0 Å². The molecule has 4 rings (SSSR count). The molecule has 1 aliphatic heterocycles. The highest BCUT2D eigenvalue weighted by Crippen LogP contribution is 2.18. The van der Waals surface area contributed by atoms with Gasteiger partial charge in [-0.05, 0) is 30.7 Å². The predicted molar refractivity (Wildman–Crippen MR) is 116 cm³/mol. The zero-order valence-electron chi connectivity index (χ0n) is 17.5. The molecule has 2 heterocycles. The Morgan fingerprint density at radius 2 is 1.83 bits per heavy atom. The van der Waals surface area contributed by atoms with Crippen molar-refractivity contribution in [2.75, 3.05) is 45.2 Å². The highest BCUT2D eigenvalue weighted by atomic mass is 16.5. The Hall–Kier alpha value is -2.61. The highest BCUT2D eigenvalue weighted by molar-refractivity contribution is 5.73. The average Bonchev–Trinajstić information content (AvgIpc) is 3.03. The fraction of sp³-hybridized carbons (Fsp3) is 0.435. The fourth-order valence-electron chi connectivity index (χ4n) is 3.97. The van der Waals surface area contributed by atoms with Crippen LogP contribution in [0.2, 0.25) is 0 Å². The van der Waals surface area contributed by atoms with E-state index in [4.69, 9.17) is 15.2 Å². The number of nitrogen functional groups attached to an aromatic ring is 1. The minimum absolute atomic E-state index is 0.213. The number of rotatable bonds is 8. The zero-order valence-corrected chi connectivity index (χ0v) is 17.5. The van der Waals surface area contributed by atoms with Gasteiger partial charge in [-0.1, -0.05) is 30.3 Å². The normalized spacial score (nSPS) is 16.1. The molecule has 3 aromatic rings. The van der Waals surface area contributed by atoms with E-state index >= 15 is 0 Å². The molecule has 30 heavy (non-hydrogen) atoms. The van der Waals surface area contributed by atoms with E-state index in [-0.39, 0.29) is 6.61 Å². The molecule has 0 unspecified atom stereocenters. The molecule has 0 amide bonds. The van der Waals surface area contributed by atoms with Gasteiger partial charge in [0.25, 0.3) is 0 Å². The molecule has 1 atom stereocenters. The number of hydrogen-bond acceptors (Lipinski definition) is 5. The molecule has 0 saturated carbocycles. The van der Waals surface area contributed by atoms with Crippen LogP contribution in [0.1, 0.15) is 5.56 Å². The number of nitrogens with two attached hydrogens (primary N) is 1.